The minimum atomic E-state index is 0.0421. The second-order valence-electron chi connectivity index (χ2n) is 5.76. The molecule has 0 aliphatic heterocycles. The van der Waals surface area contributed by atoms with Crippen LogP contribution in [0.4, 0.5) is 5.69 Å². The molecule has 0 saturated heterocycles. The number of anilines is 1. The van der Waals surface area contributed by atoms with Gasteiger partial charge in [-0.3, -0.25) is 4.79 Å². The first-order chi connectivity index (χ1) is 8.94. The zero-order valence-electron chi connectivity index (χ0n) is 12.0. The summed E-state index contributed by atoms with van der Waals surface area (Å²) in [5.41, 5.74) is 7.18. The number of rotatable bonds is 4. The highest BCUT2D eigenvalue weighted by molar-refractivity contribution is 5.94. The summed E-state index contributed by atoms with van der Waals surface area (Å²) in [6, 6.07) is 7.17. The molecule has 2 rings (SSSR count). The number of nitrogens with zero attached hydrogens (tertiary/aromatic N) is 2. The molecular weight excluding hydrogens is 238 g/mol. The smallest absolute Gasteiger partial charge is 0.253 e. The van der Waals surface area contributed by atoms with Gasteiger partial charge in [0.15, 0.2) is 0 Å². The molecule has 0 aromatic heterocycles. The van der Waals surface area contributed by atoms with Gasteiger partial charge in [-0.25, -0.2) is 0 Å². The van der Waals surface area contributed by atoms with Crippen molar-refractivity contribution in [3.63, 3.8) is 0 Å². The third-order valence-electron chi connectivity index (χ3n) is 4.24. The van der Waals surface area contributed by atoms with E-state index < -0.39 is 0 Å². The number of amides is 1. The van der Waals surface area contributed by atoms with Crippen LogP contribution in [0.25, 0.3) is 0 Å². The fourth-order valence-electron chi connectivity index (χ4n) is 2.74. The predicted octanol–water partition coefficient (Wildman–Crippen LogP) is 1.83. The van der Waals surface area contributed by atoms with Crippen LogP contribution >= 0.6 is 0 Å². The van der Waals surface area contributed by atoms with E-state index in [9.17, 15) is 4.79 Å². The van der Waals surface area contributed by atoms with Crippen LogP contribution in [0.15, 0.2) is 24.3 Å². The first-order valence-corrected chi connectivity index (χ1v) is 6.73. The van der Waals surface area contributed by atoms with Gasteiger partial charge in [-0.2, -0.15) is 0 Å². The van der Waals surface area contributed by atoms with E-state index in [1.54, 1.807) is 12.1 Å². The van der Waals surface area contributed by atoms with Crippen molar-refractivity contribution < 1.29 is 4.79 Å². The van der Waals surface area contributed by atoms with Gasteiger partial charge in [0.25, 0.3) is 5.91 Å². The monoisotopic (exact) mass is 261 g/mol. The lowest BCUT2D eigenvalue weighted by atomic mass is 9.75. The van der Waals surface area contributed by atoms with Crippen LogP contribution in [-0.2, 0) is 0 Å². The Hall–Kier alpha value is -1.55. The number of nitrogen functional groups attached to an aromatic ring is 1. The lowest BCUT2D eigenvalue weighted by Crippen LogP contribution is -2.57. The highest BCUT2D eigenvalue weighted by Crippen LogP contribution is 2.36. The van der Waals surface area contributed by atoms with E-state index in [0.717, 1.165) is 19.4 Å². The lowest BCUT2D eigenvalue weighted by Gasteiger charge is -2.49. The van der Waals surface area contributed by atoms with Gasteiger partial charge < -0.3 is 15.5 Å². The van der Waals surface area contributed by atoms with E-state index in [0.29, 0.717) is 11.3 Å². The SMILES string of the molecule is CN(CC1(N(C)C)CCC1)C(=O)c1cccc(N)c1. The van der Waals surface area contributed by atoms with Crippen LogP contribution in [-0.4, -0.2) is 48.9 Å². The van der Waals surface area contributed by atoms with E-state index in [1.807, 2.05) is 24.1 Å². The standard InChI is InChI=1S/C15H23N3O/c1-17(2)15(8-5-9-15)11-18(3)14(19)12-6-4-7-13(16)10-12/h4,6-7,10H,5,8-9,11,16H2,1-3H3. The predicted molar refractivity (Wildman–Crippen MR) is 78.1 cm³/mol. The van der Waals surface area contributed by atoms with Gasteiger partial charge in [0.1, 0.15) is 0 Å². The second-order valence-corrected chi connectivity index (χ2v) is 5.76. The number of carbonyl (C=O) groups is 1. The second kappa shape index (κ2) is 5.21. The minimum Gasteiger partial charge on any atom is -0.399 e. The lowest BCUT2D eigenvalue weighted by molar-refractivity contribution is 0.0252. The van der Waals surface area contributed by atoms with E-state index in [-0.39, 0.29) is 11.4 Å². The summed E-state index contributed by atoms with van der Waals surface area (Å²) in [6.45, 7) is 0.771. The summed E-state index contributed by atoms with van der Waals surface area (Å²) in [5, 5.41) is 0. The highest BCUT2D eigenvalue weighted by atomic mass is 16.2. The Morgan fingerprint density at radius 3 is 2.47 bits per heavy atom. The molecule has 4 heteroatoms. The first-order valence-electron chi connectivity index (χ1n) is 6.73. The van der Waals surface area contributed by atoms with Crippen LogP contribution in [0.1, 0.15) is 29.6 Å². The van der Waals surface area contributed by atoms with Crippen LogP contribution < -0.4 is 5.73 Å². The Morgan fingerprint density at radius 2 is 2.00 bits per heavy atom. The average molecular weight is 261 g/mol. The average Bonchev–Trinajstić information content (AvgIpc) is 2.32. The molecule has 4 nitrogen and oxygen atoms in total. The Labute approximate surface area is 115 Å². The minimum absolute atomic E-state index is 0.0421. The van der Waals surface area contributed by atoms with Crippen LogP contribution in [0.3, 0.4) is 0 Å². The first kappa shape index (κ1) is 13.9. The summed E-state index contributed by atoms with van der Waals surface area (Å²) >= 11 is 0. The van der Waals surface area contributed by atoms with Crippen LogP contribution in [0, 0.1) is 0 Å². The summed E-state index contributed by atoms with van der Waals surface area (Å²) in [4.78, 5) is 16.5. The molecule has 0 spiro atoms. The Morgan fingerprint density at radius 1 is 1.32 bits per heavy atom. The van der Waals surface area contributed by atoms with Crippen molar-refractivity contribution in [1.29, 1.82) is 0 Å². The number of benzene rings is 1. The number of nitrogens with two attached hydrogens (primary N) is 1. The van der Waals surface area contributed by atoms with Gasteiger partial charge in [0, 0.05) is 30.4 Å². The van der Waals surface area contributed by atoms with Crippen molar-refractivity contribution in [3.05, 3.63) is 29.8 Å². The van der Waals surface area contributed by atoms with Crippen LogP contribution in [0.5, 0.6) is 0 Å². The van der Waals surface area contributed by atoms with E-state index in [2.05, 4.69) is 19.0 Å². The molecule has 2 N–H and O–H groups in total. The van der Waals surface area contributed by atoms with E-state index in [1.165, 1.54) is 6.42 Å². The van der Waals surface area contributed by atoms with Gasteiger partial charge in [0.05, 0.1) is 0 Å². The van der Waals surface area contributed by atoms with Crippen molar-refractivity contribution in [3.8, 4) is 0 Å². The summed E-state index contributed by atoms with van der Waals surface area (Å²) in [6.07, 6.45) is 3.57. The molecule has 1 amide bonds. The summed E-state index contributed by atoms with van der Waals surface area (Å²) in [7, 11) is 6.06. The van der Waals surface area contributed by atoms with E-state index >= 15 is 0 Å². The molecule has 1 saturated carbocycles. The molecular formula is C15H23N3O. The highest BCUT2D eigenvalue weighted by Gasteiger charge is 2.40. The molecule has 0 bridgehead atoms. The molecule has 0 atom stereocenters. The molecule has 0 radical (unpaired) electrons. The molecule has 1 aliphatic rings. The topological polar surface area (TPSA) is 49.6 Å². The largest absolute Gasteiger partial charge is 0.399 e. The Bertz CT molecular complexity index is 466. The van der Waals surface area contributed by atoms with Crippen LogP contribution in [0.2, 0.25) is 0 Å². The summed E-state index contributed by atoms with van der Waals surface area (Å²) in [5.74, 6) is 0.0421. The quantitative estimate of drug-likeness (QED) is 0.841. The fraction of sp³-hybridized carbons (Fsp3) is 0.533. The molecule has 104 valence electrons. The number of hydrogen-bond donors (Lipinski definition) is 1. The van der Waals surface area contributed by atoms with Crippen molar-refractivity contribution in [2.75, 3.05) is 33.4 Å². The Balaban J connectivity index is 2.07. The Kier molecular flexibility index (Phi) is 3.80. The third-order valence-corrected chi connectivity index (χ3v) is 4.24. The zero-order valence-corrected chi connectivity index (χ0v) is 12.0. The van der Waals surface area contributed by atoms with Crippen molar-refractivity contribution in [1.82, 2.24) is 9.80 Å². The fourth-order valence-corrected chi connectivity index (χ4v) is 2.74. The van der Waals surface area contributed by atoms with Crippen molar-refractivity contribution >= 4 is 11.6 Å². The third kappa shape index (κ3) is 2.73. The van der Waals surface area contributed by atoms with Gasteiger partial charge in [-0.15, -0.1) is 0 Å². The molecule has 1 aromatic rings. The molecule has 0 heterocycles. The normalized spacial score (nSPS) is 17.1. The molecule has 19 heavy (non-hydrogen) atoms. The van der Waals surface area contributed by atoms with Gasteiger partial charge >= 0.3 is 0 Å². The number of likely N-dealkylation sites (N-methyl/N-ethyl adjacent to an activating group) is 2. The van der Waals surface area contributed by atoms with Gasteiger partial charge in [-0.05, 0) is 51.6 Å². The maximum atomic E-state index is 12.4. The maximum Gasteiger partial charge on any atom is 0.253 e. The molecule has 0 unspecified atom stereocenters. The molecule has 1 aromatic carbocycles. The van der Waals surface area contributed by atoms with Crippen molar-refractivity contribution in [2.24, 2.45) is 0 Å². The molecule has 1 fully saturated rings. The summed E-state index contributed by atoms with van der Waals surface area (Å²) < 4.78 is 0. The van der Waals surface area contributed by atoms with Gasteiger partial charge in [0.2, 0.25) is 0 Å². The van der Waals surface area contributed by atoms with E-state index in [4.69, 9.17) is 5.73 Å². The molecule has 1 aliphatic carbocycles. The zero-order chi connectivity index (χ0) is 14.0. The number of carbonyl (C=O) groups excluding carboxylic acids is 1. The maximum absolute atomic E-state index is 12.4. The number of hydrogen-bond acceptors (Lipinski definition) is 3. The van der Waals surface area contributed by atoms with Crippen molar-refractivity contribution in [2.45, 2.75) is 24.8 Å². The van der Waals surface area contributed by atoms with Gasteiger partial charge in [-0.1, -0.05) is 6.07 Å².